The molecular formula is C22H21N5OS2. The molecule has 3 heterocycles. The molecule has 0 atom stereocenters. The predicted molar refractivity (Wildman–Crippen MR) is 120 cm³/mol. The van der Waals surface area contributed by atoms with Gasteiger partial charge in [0.15, 0.2) is 5.16 Å². The van der Waals surface area contributed by atoms with Crippen LogP contribution in [0.1, 0.15) is 39.7 Å². The highest BCUT2D eigenvalue weighted by Crippen LogP contribution is 2.34. The molecule has 152 valence electrons. The van der Waals surface area contributed by atoms with Crippen molar-refractivity contribution in [3.05, 3.63) is 71.0 Å². The first kappa shape index (κ1) is 19.3. The van der Waals surface area contributed by atoms with Crippen LogP contribution in [0.4, 0.5) is 0 Å². The third kappa shape index (κ3) is 4.11. The largest absolute Gasteiger partial charge is 0.339 e. The first-order chi connectivity index (χ1) is 14.8. The van der Waals surface area contributed by atoms with Crippen LogP contribution in [0.5, 0.6) is 0 Å². The van der Waals surface area contributed by atoms with Crippen molar-refractivity contribution in [2.24, 2.45) is 0 Å². The van der Waals surface area contributed by atoms with Gasteiger partial charge in [-0.1, -0.05) is 36.0 Å². The van der Waals surface area contributed by atoms with E-state index in [1.165, 1.54) is 16.0 Å². The number of H-pyrrole nitrogens is 1. The molecule has 0 saturated carbocycles. The number of aromatic amines is 1. The van der Waals surface area contributed by atoms with Crippen molar-refractivity contribution in [1.29, 1.82) is 0 Å². The van der Waals surface area contributed by atoms with Gasteiger partial charge in [0.25, 0.3) is 5.91 Å². The number of amides is 1. The molecule has 1 fully saturated rings. The average Bonchev–Trinajstić information content (AvgIpc) is 3.47. The van der Waals surface area contributed by atoms with Crippen molar-refractivity contribution in [1.82, 2.24) is 25.1 Å². The quantitative estimate of drug-likeness (QED) is 0.459. The van der Waals surface area contributed by atoms with Crippen LogP contribution in [0.15, 0.2) is 60.0 Å². The molecule has 0 radical (unpaired) electrons. The Hall–Kier alpha value is -2.71. The molecule has 0 spiro atoms. The fraction of sp³-hybridized carbons (Fsp3) is 0.273. The molecule has 1 amide bonds. The monoisotopic (exact) mass is 435 g/mol. The van der Waals surface area contributed by atoms with E-state index in [1.807, 2.05) is 35.2 Å². The van der Waals surface area contributed by atoms with Gasteiger partial charge in [0.05, 0.1) is 15.2 Å². The van der Waals surface area contributed by atoms with E-state index in [9.17, 15) is 4.79 Å². The second-order valence-electron chi connectivity index (χ2n) is 7.36. The number of thioether (sulfide) groups is 1. The average molecular weight is 436 g/mol. The van der Waals surface area contributed by atoms with Gasteiger partial charge in [-0.25, -0.2) is 9.97 Å². The molecular weight excluding hydrogens is 414 g/mol. The number of carbonyl (C=O) groups is 1. The van der Waals surface area contributed by atoms with E-state index in [0.717, 1.165) is 53.5 Å². The number of carbonyl (C=O) groups excluding carboxylic acids is 1. The smallest absolute Gasteiger partial charge is 0.253 e. The SMILES string of the molecule is O=C(c1ccc(CSc2ncn[nH]2)cc1)N1CCC(c2nc3ccccc3s2)CC1. The maximum absolute atomic E-state index is 12.9. The fourth-order valence-electron chi connectivity index (χ4n) is 3.74. The van der Waals surface area contributed by atoms with Gasteiger partial charge in [-0.15, -0.1) is 11.3 Å². The van der Waals surface area contributed by atoms with E-state index in [1.54, 1.807) is 23.1 Å². The Kier molecular flexibility index (Phi) is 5.50. The Morgan fingerprint density at radius 2 is 1.93 bits per heavy atom. The molecule has 1 aliphatic heterocycles. The molecule has 2 aromatic carbocycles. The lowest BCUT2D eigenvalue weighted by Crippen LogP contribution is -2.37. The number of rotatable bonds is 5. The first-order valence-corrected chi connectivity index (χ1v) is 11.8. The lowest BCUT2D eigenvalue weighted by atomic mass is 9.97. The first-order valence-electron chi connectivity index (χ1n) is 9.98. The van der Waals surface area contributed by atoms with E-state index < -0.39 is 0 Å². The van der Waals surface area contributed by atoms with Crippen molar-refractivity contribution in [2.45, 2.75) is 29.7 Å². The Morgan fingerprint density at radius 3 is 2.67 bits per heavy atom. The van der Waals surface area contributed by atoms with Crippen molar-refractivity contribution < 1.29 is 4.79 Å². The molecule has 1 aliphatic rings. The van der Waals surface area contributed by atoms with Crippen molar-refractivity contribution in [3.8, 4) is 0 Å². The van der Waals surface area contributed by atoms with Crippen molar-refractivity contribution >= 4 is 39.2 Å². The third-order valence-electron chi connectivity index (χ3n) is 5.41. The molecule has 0 unspecified atom stereocenters. The van der Waals surface area contributed by atoms with Gasteiger partial charge in [0.1, 0.15) is 6.33 Å². The maximum Gasteiger partial charge on any atom is 0.253 e. The Bertz CT molecular complexity index is 1100. The minimum absolute atomic E-state index is 0.118. The summed E-state index contributed by atoms with van der Waals surface area (Å²) in [5.74, 6) is 1.35. The summed E-state index contributed by atoms with van der Waals surface area (Å²) in [5.41, 5.74) is 2.99. The summed E-state index contributed by atoms with van der Waals surface area (Å²) in [6.45, 7) is 1.56. The highest BCUT2D eigenvalue weighted by molar-refractivity contribution is 7.98. The summed E-state index contributed by atoms with van der Waals surface area (Å²) in [6, 6.07) is 16.2. The fourth-order valence-corrected chi connectivity index (χ4v) is 5.61. The minimum atomic E-state index is 0.118. The van der Waals surface area contributed by atoms with Crippen LogP contribution in [-0.4, -0.2) is 44.1 Å². The van der Waals surface area contributed by atoms with Gasteiger partial charge < -0.3 is 4.90 Å². The Balaban J connectivity index is 1.18. The van der Waals surface area contributed by atoms with E-state index in [0.29, 0.717) is 5.92 Å². The third-order valence-corrected chi connectivity index (χ3v) is 7.56. The minimum Gasteiger partial charge on any atom is -0.339 e. The van der Waals surface area contributed by atoms with Crippen molar-refractivity contribution in [3.63, 3.8) is 0 Å². The van der Waals surface area contributed by atoms with Crippen LogP contribution in [0.3, 0.4) is 0 Å². The zero-order chi connectivity index (χ0) is 20.3. The van der Waals surface area contributed by atoms with Crippen LogP contribution in [-0.2, 0) is 5.75 Å². The number of benzene rings is 2. The van der Waals surface area contributed by atoms with E-state index in [-0.39, 0.29) is 5.91 Å². The lowest BCUT2D eigenvalue weighted by molar-refractivity contribution is 0.0713. The zero-order valence-electron chi connectivity index (χ0n) is 16.3. The second-order valence-corrected chi connectivity index (χ2v) is 9.39. The van der Waals surface area contributed by atoms with E-state index in [4.69, 9.17) is 4.98 Å². The highest BCUT2D eigenvalue weighted by atomic mass is 32.2. The maximum atomic E-state index is 12.9. The van der Waals surface area contributed by atoms with Gasteiger partial charge in [-0.3, -0.25) is 9.89 Å². The number of nitrogens with one attached hydrogen (secondary N) is 1. The number of para-hydroxylation sites is 1. The topological polar surface area (TPSA) is 74.8 Å². The number of thiazole rings is 1. The number of hydrogen-bond acceptors (Lipinski definition) is 6. The molecule has 6 nitrogen and oxygen atoms in total. The van der Waals surface area contributed by atoms with Crippen LogP contribution in [0, 0.1) is 0 Å². The Labute approximate surface area is 182 Å². The molecule has 8 heteroatoms. The number of fused-ring (bicyclic) bond motifs is 1. The van der Waals surface area contributed by atoms with Crippen LogP contribution < -0.4 is 0 Å². The van der Waals surface area contributed by atoms with E-state index in [2.05, 4.69) is 33.4 Å². The number of likely N-dealkylation sites (tertiary alicyclic amines) is 1. The normalized spacial score (nSPS) is 15.0. The molecule has 0 bridgehead atoms. The molecule has 5 rings (SSSR count). The van der Waals surface area contributed by atoms with Gasteiger partial charge in [-0.2, -0.15) is 5.10 Å². The number of hydrogen-bond donors (Lipinski definition) is 1. The van der Waals surface area contributed by atoms with Crippen LogP contribution >= 0.6 is 23.1 Å². The number of aromatic nitrogens is 4. The standard InChI is InChI=1S/C22H21N5OS2/c28-21(17-7-5-15(6-8-17)13-29-22-23-14-24-26-22)27-11-9-16(10-12-27)20-25-18-3-1-2-4-19(18)30-20/h1-8,14,16H,9-13H2,(H,23,24,26). The van der Waals surface area contributed by atoms with E-state index >= 15 is 0 Å². The lowest BCUT2D eigenvalue weighted by Gasteiger charge is -2.31. The van der Waals surface area contributed by atoms with Crippen LogP contribution in [0.25, 0.3) is 10.2 Å². The molecule has 1 N–H and O–H groups in total. The van der Waals surface area contributed by atoms with Crippen molar-refractivity contribution in [2.75, 3.05) is 13.1 Å². The summed E-state index contributed by atoms with van der Waals surface area (Å²) in [5, 5.41) is 8.69. The molecule has 4 aromatic rings. The summed E-state index contributed by atoms with van der Waals surface area (Å²) in [7, 11) is 0. The van der Waals surface area contributed by atoms with Gasteiger partial charge in [0.2, 0.25) is 0 Å². The summed E-state index contributed by atoms with van der Waals surface area (Å²) in [6.07, 6.45) is 3.44. The summed E-state index contributed by atoms with van der Waals surface area (Å²) < 4.78 is 1.24. The summed E-state index contributed by atoms with van der Waals surface area (Å²) in [4.78, 5) is 23.8. The second kappa shape index (κ2) is 8.57. The molecule has 2 aromatic heterocycles. The molecule has 30 heavy (non-hydrogen) atoms. The number of nitrogens with zero attached hydrogens (tertiary/aromatic N) is 4. The van der Waals surface area contributed by atoms with Gasteiger partial charge >= 0.3 is 0 Å². The number of piperidine rings is 1. The Morgan fingerprint density at radius 1 is 1.13 bits per heavy atom. The molecule has 1 saturated heterocycles. The van der Waals surface area contributed by atoms with Crippen LogP contribution in [0.2, 0.25) is 0 Å². The zero-order valence-corrected chi connectivity index (χ0v) is 18.0. The summed E-state index contributed by atoms with van der Waals surface area (Å²) >= 11 is 3.38. The molecule has 0 aliphatic carbocycles. The van der Waals surface area contributed by atoms with Gasteiger partial charge in [-0.05, 0) is 42.7 Å². The highest BCUT2D eigenvalue weighted by Gasteiger charge is 2.26. The van der Waals surface area contributed by atoms with Gasteiger partial charge in [0, 0.05) is 30.3 Å². The predicted octanol–water partition coefficient (Wildman–Crippen LogP) is 4.73.